The minimum atomic E-state index is -0.484. The van der Waals surface area contributed by atoms with Crippen LogP contribution in [0, 0.1) is 0 Å². The number of aliphatic hydroxyl groups is 1. The second-order valence-electron chi connectivity index (χ2n) is 4.40. The third-order valence-corrected chi connectivity index (χ3v) is 3.26. The van der Waals surface area contributed by atoms with Crippen molar-refractivity contribution in [3.8, 4) is 5.75 Å². The van der Waals surface area contributed by atoms with Crippen LogP contribution < -0.4 is 10.5 Å². The van der Waals surface area contributed by atoms with Crippen molar-refractivity contribution >= 4 is 0 Å². The molecule has 0 saturated heterocycles. The normalized spacial score (nSPS) is 14.6. The van der Waals surface area contributed by atoms with Crippen LogP contribution in [0.15, 0.2) is 24.3 Å². The predicted molar refractivity (Wildman–Crippen MR) is 73.7 cm³/mol. The van der Waals surface area contributed by atoms with Gasteiger partial charge in [0.1, 0.15) is 5.75 Å². The van der Waals surface area contributed by atoms with E-state index < -0.39 is 6.10 Å². The van der Waals surface area contributed by atoms with Crippen molar-refractivity contribution < 1.29 is 9.84 Å². The fourth-order valence-corrected chi connectivity index (χ4v) is 2.11. The van der Waals surface area contributed by atoms with Crippen LogP contribution in [0.2, 0.25) is 0 Å². The molecule has 0 fully saturated rings. The zero-order valence-electron chi connectivity index (χ0n) is 11.5. The van der Waals surface area contributed by atoms with Crippen molar-refractivity contribution in [2.75, 3.05) is 26.7 Å². The highest BCUT2D eigenvalue weighted by molar-refractivity contribution is 5.35. The summed E-state index contributed by atoms with van der Waals surface area (Å²) in [7, 11) is 1.68. The second kappa shape index (κ2) is 7.36. The monoisotopic (exact) mass is 252 g/mol. The van der Waals surface area contributed by atoms with Crippen LogP contribution >= 0.6 is 0 Å². The number of benzene rings is 1. The van der Waals surface area contributed by atoms with Gasteiger partial charge in [-0.15, -0.1) is 0 Å². The molecule has 0 aromatic heterocycles. The lowest BCUT2D eigenvalue weighted by Gasteiger charge is -2.30. The molecular formula is C14H24N2O2. The Balaban J connectivity index is 2.85. The Hall–Kier alpha value is -1.10. The van der Waals surface area contributed by atoms with E-state index in [1.807, 2.05) is 18.2 Å². The third-order valence-electron chi connectivity index (χ3n) is 3.26. The number of nitrogens with two attached hydrogens (primary N) is 1. The first-order chi connectivity index (χ1) is 8.63. The summed E-state index contributed by atoms with van der Waals surface area (Å²) in [5, 5.41) is 9.68. The number of ether oxygens (including phenoxy) is 1. The number of likely N-dealkylation sites (N-methyl/N-ethyl adjacent to an activating group) is 1. The van der Waals surface area contributed by atoms with E-state index in [9.17, 15) is 5.11 Å². The van der Waals surface area contributed by atoms with Crippen molar-refractivity contribution in [1.29, 1.82) is 0 Å². The Morgan fingerprint density at radius 2 is 2.06 bits per heavy atom. The molecular weight excluding hydrogens is 228 g/mol. The Morgan fingerprint density at radius 1 is 1.39 bits per heavy atom. The van der Waals surface area contributed by atoms with Crippen LogP contribution in [0.4, 0.5) is 0 Å². The van der Waals surface area contributed by atoms with Crippen LogP contribution in [0.3, 0.4) is 0 Å². The van der Waals surface area contributed by atoms with E-state index in [0.29, 0.717) is 6.54 Å². The first-order valence-electron chi connectivity index (χ1n) is 6.39. The molecule has 4 nitrogen and oxygen atoms in total. The summed E-state index contributed by atoms with van der Waals surface area (Å²) in [5.74, 6) is 0.880. The van der Waals surface area contributed by atoms with E-state index in [2.05, 4.69) is 24.8 Å². The Morgan fingerprint density at radius 3 is 2.61 bits per heavy atom. The van der Waals surface area contributed by atoms with Crippen molar-refractivity contribution in [3.63, 3.8) is 0 Å². The molecule has 2 atom stereocenters. The van der Waals surface area contributed by atoms with Gasteiger partial charge in [0.05, 0.1) is 13.2 Å². The minimum Gasteiger partial charge on any atom is -0.496 e. The van der Waals surface area contributed by atoms with Gasteiger partial charge in [-0.2, -0.15) is 0 Å². The molecule has 0 heterocycles. The number of aliphatic hydroxyl groups excluding tert-OH is 1. The van der Waals surface area contributed by atoms with Gasteiger partial charge < -0.3 is 15.6 Å². The molecule has 102 valence electrons. The lowest BCUT2D eigenvalue weighted by atomic mass is 10.1. The largest absolute Gasteiger partial charge is 0.496 e. The van der Waals surface area contributed by atoms with Gasteiger partial charge in [-0.3, -0.25) is 4.90 Å². The van der Waals surface area contributed by atoms with Crippen molar-refractivity contribution in [2.24, 2.45) is 5.73 Å². The number of para-hydroxylation sites is 1. The van der Waals surface area contributed by atoms with Gasteiger partial charge in [0.15, 0.2) is 0 Å². The lowest BCUT2D eigenvalue weighted by Crippen LogP contribution is -2.38. The second-order valence-corrected chi connectivity index (χ2v) is 4.40. The van der Waals surface area contributed by atoms with E-state index in [4.69, 9.17) is 10.5 Å². The molecule has 0 saturated carbocycles. The Bertz CT molecular complexity index is 357. The van der Waals surface area contributed by atoms with Crippen LogP contribution in [-0.2, 0) is 0 Å². The van der Waals surface area contributed by atoms with Gasteiger partial charge in [0, 0.05) is 24.7 Å². The van der Waals surface area contributed by atoms with E-state index in [0.717, 1.165) is 17.9 Å². The molecule has 1 aromatic carbocycles. The third kappa shape index (κ3) is 3.70. The van der Waals surface area contributed by atoms with E-state index >= 15 is 0 Å². The summed E-state index contributed by atoms with van der Waals surface area (Å²) in [5.41, 5.74) is 6.60. The Kier molecular flexibility index (Phi) is 6.12. The number of hydrogen-bond donors (Lipinski definition) is 2. The standard InChI is InChI=1S/C14H24N2O2/c1-4-16(10-12(17)9-15)11(2)13-7-5-6-8-14(13)18-3/h5-8,11-12,17H,4,9-10,15H2,1-3H3/t11-,12?/m0/s1. The molecule has 1 unspecified atom stereocenters. The fraction of sp³-hybridized carbons (Fsp3) is 0.571. The molecule has 0 bridgehead atoms. The molecule has 0 spiro atoms. The maximum atomic E-state index is 9.68. The molecule has 1 rings (SSSR count). The van der Waals surface area contributed by atoms with E-state index in [1.54, 1.807) is 7.11 Å². The topological polar surface area (TPSA) is 58.7 Å². The number of rotatable bonds is 7. The van der Waals surface area contributed by atoms with Gasteiger partial charge in [-0.05, 0) is 19.5 Å². The van der Waals surface area contributed by atoms with Crippen LogP contribution in [0.1, 0.15) is 25.5 Å². The van der Waals surface area contributed by atoms with Crippen LogP contribution in [-0.4, -0.2) is 42.9 Å². The predicted octanol–water partition coefficient (Wildman–Crippen LogP) is 1.40. The number of nitrogens with zero attached hydrogens (tertiary/aromatic N) is 1. The van der Waals surface area contributed by atoms with E-state index in [1.165, 1.54) is 0 Å². The molecule has 3 N–H and O–H groups in total. The molecule has 0 aliphatic heterocycles. The van der Waals surface area contributed by atoms with Gasteiger partial charge in [0.25, 0.3) is 0 Å². The van der Waals surface area contributed by atoms with Gasteiger partial charge in [-0.25, -0.2) is 0 Å². The summed E-state index contributed by atoms with van der Waals surface area (Å²) < 4.78 is 5.38. The quantitative estimate of drug-likeness (QED) is 0.770. The Labute approximate surface area is 109 Å². The fourth-order valence-electron chi connectivity index (χ4n) is 2.11. The van der Waals surface area contributed by atoms with Crippen molar-refractivity contribution in [1.82, 2.24) is 4.90 Å². The number of methoxy groups -OCH3 is 1. The smallest absolute Gasteiger partial charge is 0.123 e. The van der Waals surface area contributed by atoms with Gasteiger partial charge >= 0.3 is 0 Å². The van der Waals surface area contributed by atoms with E-state index in [-0.39, 0.29) is 12.6 Å². The molecule has 0 aliphatic rings. The first kappa shape index (κ1) is 15.0. The molecule has 18 heavy (non-hydrogen) atoms. The van der Waals surface area contributed by atoms with Crippen molar-refractivity contribution in [3.05, 3.63) is 29.8 Å². The SMILES string of the molecule is CCN(CC(O)CN)[C@@H](C)c1ccccc1OC. The van der Waals surface area contributed by atoms with Gasteiger partial charge in [0.2, 0.25) is 0 Å². The highest BCUT2D eigenvalue weighted by atomic mass is 16.5. The molecule has 0 amide bonds. The van der Waals surface area contributed by atoms with Crippen LogP contribution in [0.5, 0.6) is 5.75 Å². The average Bonchev–Trinajstić information content (AvgIpc) is 2.43. The summed E-state index contributed by atoms with van der Waals surface area (Å²) >= 11 is 0. The minimum absolute atomic E-state index is 0.187. The van der Waals surface area contributed by atoms with Crippen molar-refractivity contribution in [2.45, 2.75) is 26.0 Å². The zero-order valence-corrected chi connectivity index (χ0v) is 11.5. The molecule has 1 aromatic rings. The highest BCUT2D eigenvalue weighted by Gasteiger charge is 2.19. The molecule has 4 heteroatoms. The molecule has 0 radical (unpaired) electrons. The zero-order chi connectivity index (χ0) is 13.5. The summed E-state index contributed by atoms with van der Waals surface area (Å²) in [6.07, 6.45) is -0.484. The summed E-state index contributed by atoms with van der Waals surface area (Å²) in [6.45, 7) is 5.91. The summed E-state index contributed by atoms with van der Waals surface area (Å²) in [6, 6.07) is 8.16. The summed E-state index contributed by atoms with van der Waals surface area (Å²) in [4.78, 5) is 2.19. The average molecular weight is 252 g/mol. The van der Waals surface area contributed by atoms with Gasteiger partial charge in [-0.1, -0.05) is 25.1 Å². The maximum Gasteiger partial charge on any atom is 0.123 e. The first-order valence-corrected chi connectivity index (χ1v) is 6.39. The van der Waals surface area contributed by atoms with Crippen LogP contribution in [0.25, 0.3) is 0 Å². The lowest BCUT2D eigenvalue weighted by molar-refractivity contribution is 0.0991. The maximum absolute atomic E-state index is 9.68. The highest BCUT2D eigenvalue weighted by Crippen LogP contribution is 2.28. The molecule has 0 aliphatic carbocycles. The number of hydrogen-bond acceptors (Lipinski definition) is 4.